The topological polar surface area (TPSA) is 47.6 Å². The van der Waals surface area contributed by atoms with Crippen molar-refractivity contribution in [1.82, 2.24) is 0 Å². The number of hydrogen-bond acceptors (Lipinski definition) is 2. The monoisotopic (exact) mass is 246 g/mol. The Bertz CT molecular complexity index is 413. The molecule has 0 aliphatic rings. The van der Waals surface area contributed by atoms with E-state index in [0.717, 1.165) is 0 Å². The maximum absolute atomic E-state index is 12.0. The van der Waals surface area contributed by atoms with Gasteiger partial charge in [-0.1, -0.05) is 19.9 Å². The van der Waals surface area contributed by atoms with Crippen LogP contribution in [0.3, 0.4) is 0 Å². The van der Waals surface area contributed by atoms with Gasteiger partial charge in [0.2, 0.25) is 0 Å². The number of amidine groups is 1. The summed E-state index contributed by atoms with van der Waals surface area (Å²) in [6, 6.07) is 5.37. The van der Waals surface area contributed by atoms with Crippen LogP contribution in [0.1, 0.15) is 13.8 Å². The number of halogens is 3. The molecule has 0 saturated heterocycles. The summed E-state index contributed by atoms with van der Waals surface area (Å²) in [4.78, 5) is 4.00. The lowest BCUT2D eigenvalue weighted by Gasteiger charge is -2.09. The van der Waals surface area contributed by atoms with Crippen molar-refractivity contribution in [2.24, 2.45) is 16.6 Å². The number of aliphatic imine (C=N–C) groups is 1. The minimum absolute atomic E-state index is 0.0298. The number of ether oxygens (including phenoxy) is 1. The van der Waals surface area contributed by atoms with E-state index in [1.807, 2.05) is 13.8 Å². The fourth-order valence-electron chi connectivity index (χ4n) is 1.03. The minimum atomic E-state index is -4.70. The van der Waals surface area contributed by atoms with Gasteiger partial charge in [0.05, 0.1) is 5.69 Å². The number of alkyl halides is 3. The van der Waals surface area contributed by atoms with Gasteiger partial charge in [-0.25, -0.2) is 4.99 Å². The zero-order valence-corrected chi connectivity index (χ0v) is 9.45. The maximum Gasteiger partial charge on any atom is 0.573 e. The molecule has 3 nitrogen and oxygen atoms in total. The van der Waals surface area contributed by atoms with Crippen molar-refractivity contribution >= 4 is 11.5 Å². The molecule has 0 heterocycles. The summed E-state index contributed by atoms with van der Waals surface area (Å²) in [5.74, 6) is 0.0756. The standard InChI is InChI=1S/C11H13F3N2O/c1-7(2)10(15)16-8-4-3-5-9(6-8)17-11(12,13)14/h3-7H,1-2H3,(H2,15,16). The van der Waals surface area contributed by atoms with E-state index < -0.39 is 6.36 Å². The number of hydrogen-bond donors (Lipinski definition) is 1. The Kier molecular flexibility index (Phi) is 3.98. The highest BCUT2D eigenvalue weighted by Gasteiger charge is 2.31. The van der Waals surface area contributed by atoms with Crippen LogP contribution in [0.25, 0.3) is 0 Å². The summed E-state index contributed by atoms with van der Waals surface area (Å²) in [7, 11) is 0. The number of nitrogens with zero attached hydrogens (tertiary/aromatic N) is 1. The van der Waals surface area contributed by atoms with Crippen LogP contribution < -0.4 is 10.5 Å². The molecule has 2 N–H and O–H groups in total. The SMILES string of the molecule is CC(C)C(N)=Nc1cccc(OC(F)(F)F)c1. The fourth-order valence-corrected chi connectivity index (χ4v) is 1.03. The van der Waals surface area contributed by atoms with Crippen molar-refractivity contribution in [2.75, 3.05) is 0 Å². The predicted octanol–water partition coefficient (Wildman–Crippen LogP) is 3.23. The van der Waals surface area contributed by atoms with Crippen LogP contribution in [-0.4, -0.2) is 12.2 Å². The highest BCUT2D eigenvalue weighted by Crippen LogP contribution is 2.26. The molecule has 0 aliphatic carbocycles. The third kappa shape index (κ3) is 4.76. The molecule has 1 rings (SSSR count). The van der Waals surface area contributed by atoms with Crippen molar-refractivity contribution in [3.05, 3.63) is 24.3 Å². The highest BCUT2D eigenvalue weighted by molar-refractivity contribution is 5.84. The molecule has 17 heavy (non-hydrogen) atoms. The number of benzene rings is 1. The first-order chi connectivity index (χ1) is 7.78. The molecule has 0 unspecified atom stereocenters. The van der Waals surface area contributed by atoms with Crippen LogP contribution in [0.4, 0.5) is 18.9 Å². The van der Waals surface area contributed by atoms with Crippen molar-refractivity contribution in [3.63, 3.8) is 0 Å². The first-order valence-electron chi connectivity index (χ1n) is 4.98. The van der Waals surface area contributed by atoms with E-state index in [-0.39, 0.29) is 11.7 Å². The molecule has 0 aromatic heterocycles. The van der Waals surface area contributed by atoms with Crippen LogP contribution in [0, 0.1) is 5.92 Å². The summed E-state index contributed by atoms with van der Waals surface area (Å²) < 4.78 is 39.7. The van der Waals surface area contributed by atoms with E-state index in [0.29, 0.717) is 11.5 Å². The molecule has 1 aromatic rings. The third-order valence-corrected chi connectivity index (χ3v) is 1.90. The molecule has 0 spiro atoms. The Morgan fingerprint density at radius 2 is 2.00 bits per heavy atom. The molecule has 0 radical (unpaired) electrons. The lowest BCUT2D eigenvalue weighted by atomic mass is 10.2. The van der Waals surface area contributed by atoms with Crippen molar-refractivity contribution < 1.29 is 17.9 Å². The van der Waals surface area contributed by atoms with Crippen LogP contribution in [-0.2, 0) is 0 Å². The van der Waals surface area contributed by atoms with Gasteiger partial charge in [0.25, 0.3) is 0 Å². The van der Waals surface area contributed by atoms with Gasteiger partial charge in [0.15, 0.2) is 0 Å². The summed E-state index contributed by atoms with van der Waals surface area (Å²) >= 11 is 0. The summed E-state index contributed by atoms with van der Waals surface area (Å²) in [6.45, 7) is 3.68. The normalized spacial score (nSPS) is 12.9. The average Bonchev–Trinajstić information content (AvgIpc) is 2.15. The van der Waals surface area contributed by atoms with Gasteiger partial charge in [0, 0.05) is 12.0 Å². The Labute approximate surface area is 97.1 Å². The molecule has 0 amide bonds. The summed E-state index contributed by atoms with van der Waals surface area (Å²) in [5, 5.41) is 0. The van der Waals surface area contributed by atoms with E-state index in [4.69, 9.17) is 5.73 Å². The summed E-state index contributed by atoms with van der Waals surface area (Å²) in [5.41, 5.74) is 5.94. The molecule has 0 aliphatic heterocycles. The van der Waals surface area contributed by atoms with Crippen LogP contribution in [0.5, 0.6) is 5.75 Å². The maximum atomic E-state index is 12.0. The Morgan fingerprint density at radius 1 is 1.35 bits per heavy atom. The van der Waals surface area contributed by atoms with Gasteiger partial charge in [-0.15, -0.1) is 13.2 Å². The summed E-state index contributed by atoms with van der Waals surface area (Å²) in [6.07, 6.45) is -4.70. The second-order valence-electron chi connectivity index (χ2n) is 3.74. The zero-order valence-electron chi connectivity index (χ0n) is 9.45. The Morgan fingerprint density at radius 3 is 2.53 bits per heavy atom. The van der Waals surface area contributed by atoms with Crippen molar-refractivity contribution in [3.8, 4) is 5.75 Å². The van der Waals surface area contributed by atoms with E-state index in [1.54, 1.807) is 6.07 Å². The van der Waals surface area contributed by atoms with E-state index in [9.17, 15) is 13.2 Å². The lowest BCUT2D eigenvalue weighted by molar-refractivity contribution is -0.274. The smallest absolute Gasteiger partial charge is 0.406 e. The second kappa shape index (κ2) is 5.07. The molecule has 0 fully saturated rings. The first-order valence-corrected chi connectivity index (χ1v) is 4.98. The average molecular weight is 246 g/mol. The van der Waals surface area contributed by atoms with Crippen molar-refractivity contribution in [2.45, 2.75) is 20.2 Å². The van der Waals surface area contributed by atoms with Crippen LogP contribution >= 0.6 is 0 Å². The van der Waals surface area contributed by atoms with Gasteiger partial charge in [0.1, 0.15) is 11.6 Å². The van der Waals surface area contributed by atoms with Crippen molar-refractivity contribution in [1.29, 1.82) is 0 Å². The van der Waals surface area contributed by atoms with Gasteiger partial charge in [-0.05, 0) is 12.1 Å². The lowest BCUT2D eigenvalue weighted by Crippen LogP contribution is -2.18. The minimum Gasteiger partial charge on any atom is -0.406 e. The molecular weight excluding hydrogens is 233 g/mol. The molecule has 94 valence electrons. The fraction of sp³-hybridized carbons (Fsp3) is 0.364. The largest absolute Gasteiger partial charge is 0.573 e. The molecule has 0 saturated carbocycles. The van der Waals surface area contributed by atoms with Crippen LogP contribution in [0.2, 0.25) is 0 Å². The molecule has 0 bridgehead atoms. The number of rotatable bonds is 3. The second-order valence-corrected chi connectivity index (χ2v) is 3.74. The van der Waals surface area contributed by atoms with Gasteiger partial charge >= 0.3 is 6.36 Å². The predicted molar refractivity (Wildman–Crippen MR) is 59.2 cm³/mol. The third-order valence-electron chi connectivity index (χ3n) is 1.90. The molecule has 6 heteroatoms. The molecular formula is C11H13F3N2O. The van der Waals surface area contributed by atoms with E-state index in [2.05, 4.69) is 9.73 Å². The van der Waals surface area contributed by atoms with Gasteiger partial charge in [-0.2, -0.15) is 0 Å². The highest BCUT2D eigenvalue weighted by atomic mass is 19.4. The quantitative estimate of drug-likeness (QED) is 0.657. The van der Waals surface area contributed by atoms with E-state index in [1.165, 1.54) is 18.2 Å². The molecule has 1 aromatic carbocycles. The van der Waals surface area contributed by atoms with E-state index >= 15 is 0 Å². The zero-order chi connectivity index (χ0) is 13.1. The Balaban J connectivity index is 2.90. The number of nitrogens with two attached hydrogens (primary N) is 1. The Hall–Kier alpha value is -1.72. The van der Waals surface area contributed by atoms with Crippen LogP contribution in [0.15, 0.2) is 29.3 Å². The molecule has 0 atom stereocenters. The first kappa shape index (κ1) is 13.3. The van der Waals surface area contributed by atoms with Gasteiger partial charge < -0.3 is 10.5 Å². The van der Waals surface area contributed by atoms with Gasteiger partial charge in [-0.3, -0.25) is 0 Å².